The second-order valence-electron chi connectivity index (χ2n) is 3.90. The van der Waals surface area contributed by atoms with Crippen LogP contribution in [-0.2, 0) is 0 Å². The molecule has 0 amide bonds. The van der Waals surface area contributed by atoms with Crippen LogP contribution in [0.5, 0.6) is 0 Å². The fourth-order valence-electron chi connectivity index (χ4n) is 1.60. The van der Waals surface area contributed by atoms with E-state index in [1.54, 1.807) is 24.4 Å². The maximum Gasteiger partial charge on any atom is 0.125 e. The third-order valence-corrected chi connectivity index (χ3v) is 4.23. The zero-order valence-electron chi connectivity index (χ0n) is 10.1. The summed E-state index contributed by atoms with van der Waals surface area (Å²) < 4.78 is 0. The zero-order chi connectivity index (χ0) is 14.0. The number of hydrogen-bond donors (Lipinski definition) is 2. The normalized spacial score (nSPS) is 10.5. The number of rotatable bonds is 3. The smallest absolute Gasteiger partial charge is 0.125 e. The number of aromatic nitrogens is 1. The van der Waals surface area contributed by atoms with E-state index in [0.717, 1.165) is 10.5 Å². The van der Waals surface area contributed by atoms with Gasteiger partial charge in [-0.2, -0.15) is 0 Å². The van der Waals surface area contributed by atoms with E-state index in [2.05, 4.69) is 4.98 Å². The van der Waals surface area contributed by atoms with Crippen LogP contribution in [0.15, 0.2) is 40.4 Å². The summed E-state index contributed by atoms with van der Waals surface area (Å²) >= 11 is 13.4. The van der Waals surface area contributed by atoms with Crippen LogP contribution in [0, 0.1) is 12.3 Å². The van der Waals surface area contributed by atoms with Gasteiger partial charge in [-0.25, -0.2) is 4.98 Å². The van der Waals surface area contributed by atoms with E-state index in [4.69, 9.17) is 34.3 Å². The largest absolute Gasteiger partial charge is 0.384 e. The molecule has 0 aliphatic carbocycles. The van der Waals surface area contributed by atoms with Crippen LogP contribution < -0.4 is 5.73 Å². The molecule has 0 saturated heterocycles. The predicted molar refractivity (Wildman–Crippen MR) is 80.6 cm³/mol. The van der Waals surface area contributed by atoms with Crippen LogP contribution in [-0.4, -0.2) is 10.8 Å². The summed E-state index contributed by atoms with van der Waals surface area (Å²) in [7, 11) is 0. The van der Waals surface area contributed by atoms with E-state index in [1.165, 1.54) is 11.8 Å². The van der Waals surface area contributed by atoms with E-state index in [-0.39, 0.29) is 5.84 Å². The molecule has 1 heterocycles. The summed E-state index contributed by atoms with van der Waals surface area (Å²) in [6, 6.07) is 7.04. The minimum Gasteiger partial charge on any atom is -0.384 e. The van der Waals surface area contributed by atoms with Crippen molar-refractivity contribution in [3.63, 3.8) is 0 Å². The lowest BCUT2D eigenvalue weighted by Gasteiger charge is -2.10. The first-order chi connectivity index (χ1) is 8.99. The van der Waals surface area contributed by atoms with Gasteiger partial charge >= 0.3 is 0 Å². The number of nitrogens with two attached hydrogens (primary N) is 1. The van der Waals surface area contributed by atoms with Gasteiger partial charge in [0.1, 0.15) is 10.9 Å². The SMILES string of the molecule is Cc1ccnc(Sc2cc(Cl)ccc2Cl)c1C(=N)N. The topological polar surface area (TPSA) is 62.8 Å². The average molecular weight is 312 g/mol. The summed E-state index contributed by atoms with van der Waals surface area (Å²) in [4.78, 5) is 5.05. The number of nitrogens with one attached hydrogen (secondary N) is 1. The zero-order valence-corrected chi connectivity index (χ0v) is 12.4. The number of amidine groups is 1. The number of nitrogen functional groups attached to an aromatic ring is 1. The van der Waals surface area contributed by atoms with Gasteiger partial charge in [0.05, 0.1) is 10.6 Å². The third-order valence-electron chi connectivity index (χ3n) is 2.49. The Balaban J connectivity index is 2.46. The van der Waals surface area contributed by atoms with E-state index < -0.39 is 0 Å². The Labute approximate surface area is 125 Å². The number of nitrogens with zero attached hydrogens (tertiary/aromatic N) is 1. The summed E-state index contributed by atoms with van der Waals surface area (Å²) in [6.45, 7) is 1.89. The molecule has 2 aromatic rings. The van der Waals surface area contributed by atoms with E-state index in [0.29, 0.717) is 20.6 Å². The van der Waals surface area contributed by atoms with Crippen LogP contribution in [0.4, 0.5) is 0 Å². The average Bonchev–Trinajstić information content (AvgIpc) is 2.33. The fourth-order valence-corrected chi connectivity index (χ4v) is 3.11. The van der Waals surface area contributed by atoms with Gasteiger partial charge < -0.3 is 5.73 Å². The molecular formula is C13H11Cl2N3S. The Morgan fingerprint density at radius 2 is 2.05 bits per heavy atom. The molecule has 1 aromatic heterocycles. The molecule has 1 aromatic carbocycles. The summed E-state index contributed by atoms with van der Waals surface area (Å²) in [6.07, 6.45) is 1.68. The standard InChI is InChI=1S/C13H11Cl2N3S/c1-7-4-5-18-13(11(7)12(16)17)19-10-6-8(14)2-3-9(10)15/h2-6H,1H3,(H3,16,17). The van der Waals surface area contributed by atoms with Gasteiger partial charge in [-0.1, -0.05) is 35.0 Å². The van der Waals surface area contributed by atoms with E-state index in [1.807, 2.05) is 13.0 Å². The highest BCUT2D eigenvalue weighted by atomic mass is 35.5. The second kappa shape index (κ2) is 5.82. The van der Waals surface area contributed by atoms with Crippen molar-refractivity contribution in [1.29, 1.82) is 5.41 Å². The molecule has 0 spiro atoms. The van der Waals surface area contributed by atoms with Crippen molar-refractivity contribution < 1.29 is 0 Å². The van der Waals surface area contributed by atoms with Crippen molar-refractivity contribution in [2.45, 2.75) is 16.8 Å². The molecule has 98 valence electrons. The predicted octanol–water partition coefficient (Wildman–Crippen LogP) is 4.13. The van der Waals surface area contributed by atoms with Gasteiger partial charge in [0.25, 0.3) is 0 Å². The molecule has 3 nitrogen and oxygen atoms in total. The lowest BCUT2D eigenvalue weighted by atomic mass is 10.1. The highest BCUT2D eigenvalue weighted by Gasteiger charge is 2.13. The molecule has 0 bridgehead atoms. The Hall–Kier alpha value is -1.23. The monoisotopic (exact) mass is 311 g/mol. The maximum atomic E-state index is 7.64. The van der Waals surface area contributed by atoms with Gasteiger partial charge in [-0.15, -0.1) is 0 Å². The maximum absolute atomic E-state index is 7.64. The van der Waals surface area contributed by atoms with Crippen molar-refractivity contribution >= 4 is 40.8 Å². The van der Waals surface area contributed by atoms with Crippen LogP contribution >= 0.6 is 35.0 Å². The minimum atomic E-state index is -0.00810. The number of pyridine rings is 1. The molecule has 0 radical (unpaired) electrons. The number of benzene rings is 1. The van der Waals surface area contributed by atoms with Crippen LogP contribution in [0.2, 0.25) is 10.0 Å². The Morgan fingerprint density at radius 1 is 1.32 bits per heavy atom. The van der Waals surface area contributed by atoms with Crippen molar-refractivity contribution in [3.05, 3.63) is 51.6 Å². The van der Waals surface area contributed by atoms with Gasteiger partial charge in [0, 0.05) is 16.1 Å². The lowest BCUT2D eigenvalue weighted by Crippen LogP contribution is -2.14. The van der Waals surface area contributed by atoms with Crippen LogP contribution in [0.1, 0.15) is 11.1 Å². The van der Waals surface area contributed by atoms with Crippen molar-refractivity contribution in [2.24, 2.45) is 5.73 Å². The molecule has 0 fully saturated rings. The second-order valence-corrected chi connectivity index (χ2v) is 5.77. The molecule has 3 N–H and O–H groups in total. The minimum absolute atomic E-state index is 0.00810. The van der Waals surface area contributed by atoms with Crippen molar-refractivity contribution in [2.75, 3.05) is 0 Å². The molecule has 6 heteroatoms. The Morgan fingerprint density at radius 3 is 2.74 bits per heavy atom. The van der Waals surface area contributed by atoms with E-state index >= 15 is 0 Å². The molecule has 0 saturated carbocycles. The van der Waals surface area contributed by atoms with Gasteiger partial charge in [0.15, 0.2) is 0 Å². The highest BCUT2D eigenvalue weighted by Crippen LogP contribution is 2.36. The first-order valence-electron chi connectivity index (χ1n) is 5.42. The number of aryl methyl sites for hydroxylation is 1. The van der Waals surface area contributed by atoms with Gasteiger partial charge in [0.2, 0.25) is 0 Å². The molecule has 0 aliphatic rings. The quantitative estimate of drug-likeness (QED) is 0.661. The van der Waals surface area contributed by atoms with Crippen molar-refractivity contribution in [3.8, 4) is 0 Å². The molecule has 0 aliphatic heterocycles. The molecule has 0 atom stereocenters. The number of halogens is 2. The first kappa shape index (κ1) is 14.2. The van der Waals surface area contributed by atoms with Crippen LogP contribution in [0.25, 0.3) is 0 Å². The summed E-state index contributed by atoms with van der Waals surface area (Å²) in [5, 5.41) is 9.48. The fraction of sp³-hybridized carbons (Fsp3) is 0.0769. The highest BCUT2D eigenvalue weighted by molar-refractivity contribution is 7.99. The van der Waals surface area contributed by atoms with Crippen molar-refractivity contribution in [1.82, 2.24) is 4.98 Å². The lowest BCUT2D eigenvalue weighted by molar-refractivity contribution is 1.09. The van der Waals surface area contributed by atoms with E-state index in [9.17, 15) is 0 Å². The third kappa shape index (κ3) is 3.21. The molecule has 0 unspecified atom stereocenters. The molecular weight excluding hydrogens is 301 g/mol. The van der Waals surface area contributed by atoms with Gasteiger partial charge in [-0.3, -0.25) is 5.41 Å². The molecule has 19 heavy (non-hydrogen) atoms. The summed E-state index contributed by atoms with van der Waals surface area (Å²) in [5.74, 6) is -0.00810. The van der Waals surface area contributed by atoms with Crippen LogP contribution in [0.3, 0.4) is 0 Å². The van der Waals surface area contributed by atoms with Gasteiger partial charge in [-0.05, 0) is 36.8 Å². The first-order valence-corrected chi connectivity index (χ1v) is 6.99. The Kier molecular flexibility index (Phi) is 4.34. The number of hydrogen-bond acceptors (Lipinski definition) is 3. The molecule has 2 rings (SSSR count). The summed E-state index contributed by atoms with van der Waals surface area (Å²) in [5.41, 5.74) is 7.14. The Bertz CT molecular complexity index is 644.